The molecule has 1 N–H and O–H groups in total. The van der Waals surface area contributed by atoms with Gasteiger partial charge in [0.2, 0.25) is 0 Å². The molecule has 0 saturated carbocycles. The maximum Gasteiger partial charge on any atom is 0.261 e. The molecule has 0 radical (unpaired) electrons. The highest BCUT2D eigenvalue weighted by Crippen LogP contribution is 2.30. The van der Waals surface area contributed by atoms with Gasteiger partial charge in [-0.1, -0.05) is 58.5 Å². The first kappa shape index (κ1) is 18.8. The van der Waals surface area contributed by atoms with Crippen molar-refractivity contribution in [1.82, 2.24) is 9.84 Å². The zero-order chi connectivity index (χ0) is 18.2. The number of sulfonamides is 1. The van der Waals surface area contributed by atoms with Crippen LogP contribution in [0.5, 0.6) is 0 Å². The summed E-state index contributed by atoms with van der Waals surface area (Å²) in [4.78, 5) is -0.0513. The van der Waals surface area contributed by atoms with Gasteiger partial charge in [0.15, 0.2) is 0 Å². The molecule has 132 valence electrons. The van der Waals surface area contributed by atoms with E-state index in [4.69, 9.17) is 46.4 Å². The lowest BCUT2D eigenvalue weighted by Crippen LogP contribution is -2.44. The van der Waals surface area contributed by atoms with Crippen LogP contribution >= 0.6 is 46.4 Å². The Morgan fingerprint density at radius 2 is 1.64 bits per heavy atom. The fourth-order valence-corrected chi connectivity index (χ4v) is 4.72. The maximum absolute atomic E-state index is 12.9. The van der Waals surface area contributed by atoms with Crippen molar-refractivity contribution < 1.29 is 8.42 Å². The summed E-state index contributed by atoms with van der Waals surface area (Å²) in [5, 5.41) is 1.22. The van der Waals surface area contributed by atoms with Crippen molar-refractivity contribution >= 4 is 62.1 Å². The zero-order valence-corrected chi connectivity index (χ0v) is 16.5. The number of hydrazine groups is 1. The second kappa shape index (κ2) is 7.35. The molecule has 1 heterocycles. The number of nitrogens with zero attached hydrogens (tertiary/aromatic N) is 1. The SMILES string of the molecule is O=S(=O)(c1cc(Cl)ccc1Cl)N1CCC=C(c2ccc(Cl)c(Cl)c2)N1. The van der Waals surface area contributed by atoms with E-state index in [2.05, 4.69) is 5.43 Å². The Labute approximate surface area is 166 Å². The van der Waals surface area contributed by atoms with E-state index in [0.717, 1.165) is 9.98 Å². The molecule has 0 aromatic heterocycles. The van der Waals surface area contributed by atoms with Gasteiger partial charge in [-0.3, -0.25) is 0 Å². The molecule has 4 nitrogen and oxygen atoms in total. The third-order valence-electron chi connectivity index (χ3n) is 3.62. The second-order valence-corrected chi connectivity index (χ2v) is 8.79. The Hall–Kier alpha value is -0.950. The highest BCUT2D eigenvalue weighted by Gasteiger charge is 2.29. The van der Waals surface area contributed by atoms with E-state index in [1.165, 1.54) is 18.2 Å². The van der Waals surface area contributed by atoms with Crippen molar-refractivity contribution in [2.75, 3.05) is 6.54 Å². The van der Waals surface area contributed by atoms with Gasteiger partial charge in [-0.25, -0.2) is 8.42 Å². The van der Waals surface area contributed by atoms with E-state index in [1.54, 1.807) is 18.2 Å². The van der Waals surface area contributed by atoms with Gasteiger partial charge in [-0.15, -0.1) is 4.41 Å². The van der Waals surface area contributed by atoms with E-state index >= 15 is 0 Å². The van der Waals surface area contributed by atoms with Crippen molar-refractivity contribution in [3.63, 3.8) is 0 Å². The van der Waals surface area contributed by atoms with Gasteiger partial charge in [0.1, 0.15) is 4.90 Å². The zero-order valence-electron chi connectivity index (χ0n) is 12.6. The van der Waals surface area contributed by atoms with Gasteiger partial charge in [0.05, 0.1) is 20.8 Å². The summed E-state index contributed by atoms with van der Waals surface area (Å²) < 4.78 is 26.9. The number of halogens is 4. The smallest absolute Gasteiger partial charge is 0.261 e. The molecule has 3 rings (SSSR count). The normalized spacial score (nSPS) is 15.6. The molecule has 2 aromatic rings. The summed E-state index contributed by atoms with van der Waals surface area (Å²) in [6.45, 7) is 0.260. The van der Waals surface area contributed by atoms with Gasteiger partial charge in [0.25, 0.3) is 10.0 Å². The van der Waals surface area contributed by atoms with Gasteiger partial charge in [0, 0.05) is 17.1 Å². The van der Waals surface area contributed by atoms with Gasteiger partial charge in [-0.05, 0) is 36.8 Å². The number of benzene rings is 2. The minimum absolute atomic E-state index is 0.0513. The summed E-state index contributed by atoms with van der Waals surface area (Å²) in [5.74, 6) is 0. The van der Waals surface area contributed by atoms with Crippen LogP contribution in [0.25, 0.3) is 5.70 Å². The third-order valence-corrected chi connectivity index (χ3v) is 6.78. The minimum Gasteiger partial charge on any atom is -0.305 e. The molecular formula is C16H12Cl4N2O2S. The maximum atomic E-state index is 12.9. The summed E-state index contributed by atoms with van der Waals surface area (Å²) in [5.41, 5.74) is 4.25. The molecule has 0 fully saturated rings. The fourth-order valence-electron chi connectivity index (χ4n) is 2.38. The lowest BCUT2D eigenvalue weighted by Gasteiger charge is -2.29. The molecule has 9 heteroatoms. The van der Waals surface area contributed by atoms with E-state index in [-0.39, 0.29) is 16.5 Å². The van der Waals surface area contributed by atoms with Crippen LogP contribution < -0.4 is 5.43 Å². The molecule has 1 aliphatic rings. The number of nitrogens with one attached hydrogen (secondary N) is 1. The molecule has 0 aliphatic carbocycles. The fraction of sp³-hybridized carbons (Fsp3) is 0.125. The van der Waals surface area contributed by atoms with Crippen molar-refractivity contribution in [2.45, 2.75) is 11.3 Å². The molecule has 1 aliphatic heterocycles. The predicted octanol–water partition coefficient (Wildman–Crippen LogP) is 5.24. The first-order valence-electron chi connectivity index (χ1n) is 7.19. The average molecular weight is 438 g/mol. The Bertz CT molecular complexity index is 961. The second-order valence-electron chi connectivity index (χ2n) is 5.30. The van der Waals surface area contributed by atoms with Gasteiger partial charge < -0.3 is 5.43 Å². The number of hydrogen-bond donors (Lipinski definition) is 1. The third kappa shape index (κ3) is 3.92. The van der Waals surface area contributed by atoms with Crippen LogP contribution in [-0.4, -0.2) is 19.4 Å². The molecule has 2 aromatic carbocycles. The van der Waals surface area contributed by atoms with Crippen LogP contribution in [0.2, 0.25) is 20.1 Å². The Balaban J connectivity index is 1.93. The molecular weight excluding hydrogens is 426 g/mol. The number of hydrogen-bond acceptors (Lipinski definition) is 3. The number of rotatable bonds is 3. The summed E-state index contributed by atoms with van der Waals surface area (Å²) in [6, 6.07) is 9.41. The Kier molecular flexibility index (Phi) is 5.54. The van der Waals surface area contributed by atoms with E-state index in [0.29, 0.717) is 27.2 Å². The van der Waals surface area contributed by atoms with Crippen molar-refractivity contribution in [3.8, 4) is 0 Å². The molecule has 25 heavy (non-hydrogen) atoms. The topological polar surface area (TPSA) is 49.4 Å². The molecule has 0 spiro atoms. The highest BCUT2D eigenvalue weighted by atomic mass is 35.5. The quantitative estimate of drug-likeness (QED) is 0.714. The summed E-state index contributed by atoms with van der Waals surface area (Å²) in [7, 11) is -3.87. The largest absolute Gasteiger partial charge is 0.305 e. The minimum atomic E-state index is -3.87. The van der Waals surface area contributed by atoms with Crippen LogP contribution in [-0.2, 0) is 10.0 Å². The van der Waals surface area contributed by atoms with E-state index < -0.39 is 10.0 Å². The Morgan fingerprint density at radius 3 is 2.36 bits per heavy atom. The molecule has 0 bridgehead atoms. The van der Waals surface area contributed by atoms with Crippen LogP contribution in [0.1, 0.15) is 12.0 Å². The Morgan fingerprint density at radius 1 is 0.920 bits per heavy atom. The monoisotopic (exact) mass is 436 g/mol. The molecule has 0 atom stereocenters. The van der Waals surface area contributed by atoms with Crippen molar-refractivity contribution in [2.24, 2.45) is 0 Å². The average Bonchev–Trinajstić information content (AvgIpc) is 2.59. The first-order valence-corrected chi connectivity index (χ1v) is 10.1. The summed E-state index contributed by atoms with van der Waals surface area (Å²) in [6.07, 6.45) is 2.42. The van der Waals surface area contributed by atoms with E-state index in [1.807, 2.05) is 6.08 Å². The first-order chi connectivity index (χ1) is 11.8. The molecule has 0 saturated heterocycles. The van der Waals surface area contributed by atoms with Crippen LogP contribution in [0, 0.1) is 0 Å². The highest BCUT2D eigenvalue weighted by molar-refractivity contribution is 7.89. The van der Waals surface area contributed by atoms with Crippen LogP contribution in [0.4, 0.5) is 0 Å². The van der Waals surface area contributed by atoms with E-state index in [9.17, 15) is 8.42 Å². The molecule has 0 unspecified atom stereocenters. The standard InChI is InChI=1S/C16H12Cl4N2O2S/c17-11-4-6-13(19)16(9-11)25(23,24)22-7-1-2-15(21-22)10-3-5-12(18)14(20)8-10/h2-6,8-9,21H,1,7H2. The van der Waals surface area contributed by atoms with Crippen molar-refractivity contribution in [1.29, 1.82) is 0 Å². The van der Waals surface area contributed by atoms with Crippen LogP contribution in [0.3, 0.4) is 0 Å². The lowest BCUT2D eigenvalue weighted by molar-refractivity contribution is 0.363. The summed E-state index contributed by atoms with van der Waals surface area (Å²) >= 11 is 23.9. The van der Waals surface area contributed by atoms with Crippen molar-refractivity contribution in [3.05, 3.63) is 68.1 Å². The lowest BCUT2D eigenvalue weighted by atomic mass is 10.1. The van der Waals surface area contributed by atoms with Crippen LogP contribution in [0.15, 0.2) is 47.4 Å². The predicted molar refractivity (Wildman–Crippen MR) is 103 cm³/mol. The molecule has 0 amide bonds. The van der Waals surface area contributed by atoms with Gasteiger partial charge >= 0.3 is 0 Å². The van der Waals surface area contributed by atoms with Gasteiger partial charge in [-0.2, -0.15) is 0 Å².